The maximum absolute atomic E-state index is 4.04. The molecule has 1 aromatic heterocycles. The van der Waals surface area contributed by atoms with Crippen LogP contribution in [0.3, 0.4) is 0 Å². The molecule has 1 aromatic rings. The van der Waals surface area contributed by atoms with Gasteiger partial charge in [-0.1, -0.05) is 0 Å². The molecule has 0 fully saturated rings. The number of hydrogen-bond donors (Lipinski definition) is 0. The monoisotopic (exact) mass is 222 g/mol. The number of imidazole rings is 1. The minimum atomic E-state index is 1.01. The third-order valence-corrected chi connectivity index (χ3v) is 1.90. The lowest BCUT2D eigenvalue weighted by Crippen LogP contribution is -1.93. The van der Waals surface area contributed by atoms with Crippen LogP contribution in [0.4, 0.5) is 0 Å². The predicted octanol–water partition coefficient (Wildman–Crippen LogP) is 1.51. The van der Waals surface area contributed by atoms with E-state index < -0.39 is 0 Å². The van der Waals surface area contributed by atoms with Crippen LogP contribution in [0.25, 0.3) is 0 Å². The molecule has 0 aromatic carbocycles. The van der Waals surface area contributed by atoms with E-state index in [1.807, 2.05) is 12.4 Å². The van der Waals surface area contributed by atoms with Crippen LogP contribution in [0, 0.1) is 3.83 Å². The number of aryl methyl sites for hydroxylation is 1. The van der Waals surface area contributed by atoms with Gasteiger partial charge in [-0.25, -0.2) is 4.98 Å². The molecule has 0 atom stereocenters. The summed E-state index contributed by atoms with van der Waals surface area (Å²) < 4.78 is 3.14. The summed E-state index contributed by atoms with van der Waals surface area (Å²) in [5.74, 6) is 0. The first-order valence-electron chi connectivity index (χ1n) is 2.51. The van der Waals surface area contributed by atoms with Crippen LogP contribution in [-0.2, 0) is 6.54 Å². The molecule has 0 aliphatic rings. The number of hydrogen-bond acceptors (Lipinski definition) is 1. The average molecular weight is 222 g/mol. The van der Waals surface area contributed by atoms with E-state index in [-0.39, 0.29) is 0 Å². The van der Waals surface area contributed by atoms with Crippen molar-refractivity contribution in [1.29, 1.82) is 0 Å². The third-order valence-electron chi connectivity index (χ3n) is 1.01. The van der Waals surface area contributed by atoms with Crippen LogP contribution in [0.1, 0.15) is 6.92 Å². The van der Waals surface area contributed by atoms with Crippen molar-refractivity contribution in [3.05, 3.63) is 16.2 Å². The topological polar surface area (TPSA) is 17.8 Å². The summed E-state index contributed by atoms with van der Waals surface area (Å²) in [4.78, 5) is 4.04. The van der Waals surface area contributed by atoms with Crippen molar-refractivity contribution in [2.45, 2.75) is 13.5 Å². The zero-order valence-electron chi connectivity index (χ0n) is 4.63. The second-order valence-electron chi connectivity index (χ2n) is 1.48. The minimum absolute atomic E-state index is 1.01. The first-order valence-corrected chi connectivity index (χ1v) is 3.59. The van der Waals surface area contributed by atoms with Crippen LogP contribution in [0.15, 0.2) is 12.4 Å². The normalized spacial score (nSPS) is 9.75. The van der Waals surface area contributed by atoms with E-state index in [9.17, 15) is 0 Å². The van der Waals surface area contributed by atoms with E-state index in [4.69, 9.17) is 0 Å². The first-order chi connectivity index (χ1) is 3.84. The molecule has 0 aliphatic carbocycles. The molecule has 0 N–H and O–H groups in total. The third kappa shape index (κ3) is 1.02. The second kappa shape index (κ2) is 2.48. The fourth-order valence-corrected chi connectivity index (χ4v) is 1.21. The number of rotatable bonds is 1. The van der Waals surface area contributed by atoms with Crippen molar-refractivity contribution in [3.63, 3.8) is 0 Å². The molecule has 8 heavy (non-hydrogen) atoms. The Bertz CT molecular complexity index is 171. The summed E-state index contributed by atoms with van der Waals surface area (Å²) >= 11 is 2.21. The van der Waals surface area contributed by atoms with Crippen LogP contribution in [0.2, 0.25) is 0 Å². The molecular weight excluding hydrogens is 215 g/mol. The molecule has 1 rings (SSSR count). The molecule has 0 aliphatic heterocycles. The highest BCUT2D eigenvalue weighted by Gasteiger charge is 1.90. The number of aromatic nitrogens is 2. The summed E-state index contributed by atoms with van der Waals surface area (Å²) in [5.41, 5.74) is 0. The molecule has 0 amide bonds. The van der Waals surface area contributed by atoms with Gasteiger partial charge in [-0.05, 0) is 29.5 Å². The molecule has 0 radical (unpaired) electrons. The van der Waals surface area contributed by atoms with Gasteiger partial charge < -0.3 is 4.57 Å². The Labute approximate surface area is 62.1 Å². The highest BCUT2D eigenvalue weighted by molar-refractivity contribution is 14.1. The van der Waals surface area contributed by atoms with Crippen LogP contribution < -0.4 is 0 Å². The quantitative estimate of drug-likeness (QED) is 0.658. The molecule has 3 heteroatoms. The van der Waals surface area contributed by atoms with Gasteiger partial charge in [-0.2, -0.15) is 0 Å². The molecule has 1 heterocycles. The van der Waals surface area contributed by atoms with Gasteiger partial charge >= 0.3 is 0 Å². The zero-order chi connectivity index (χ0) is 5.98. The zero-order valence-corrected chi connectivity index (χ0v) is 6.79. The standard InChI is InChI=1S/C5H7IN2/c1-2-8-4-3-7-5(8)6/h3-4H,2H2,1H3. The Hall–Kier alpha value is -0.0600. The Kier molecular flexibility index (Phi) is 1.88. The van der Waals surface area contributed by atoms with Crippen molar-refractivity contribution in [2.75, 3.05) is 0 Å². The molecule has 2 nitrogen and oxygen atoms in total. The van der Waals surface area contributed by atoms with Crippen LogP contribution >= 0.6 is 22.6 Å². The predicted molar refractivity (Wildman–Crippen MR) is 40.6 cm³/mol. The highest BCUT2D eigenvalue weighted by Crippen LogP contribution is 1.99. The van der Waals surface area contributed by atoms with Crippen LogP contribution in [0.5, 0.6) is 0 Å². The van der Waals surface area contributed by atoms with Gasteiger partial charge in [0.05, 0.1) is 0 Å². The van der Waals surface area contributed by atoms with E-state index in [0.29, 0.717) is 0 Å². The Morgan fingerprint density at radius 3 is 2.88 bits per heavy atom. The number of halogens is 1. The fraction of sp³-hybridized carbons (Fsp3) is 0.400. The Balaban J connectivity index is 2.92. The van der Waals surface area contributed by atoms with Gasteiger partial charge in [-0.3, -0.25) is 0 Å². The molecule has 0 unspecified atom stereocenters. The summed E-state index contributed by atoms with van der Waals surface area (Å²) in [6, 6.07) is 0. The van der Waals surface area contributed by atoms with Gasteiger partial charge in [0.15, 0.2) is 3.83 Å². The lowest BCUT2D eigenvalue weighted by molar-refractivity contribution is 0.738. The van der Waals surface area contributed by atoms with E-state index in [1.165, 1.54) is 0 Å². The van der Waals surface area contributed by atoms with Crippen LogP contribution in [-0.4, -0.2) is 9.55 Å². The van der Waals surface area contributed by atoms with Gasteiger partial charge in [-0.15, -0.1) is 0 Å². The van der Waals surface area contributed by atoms with E-state index >= 15 is 0 Å². The average Bonchev–Trinajstić information content (AvgIpc) is 2.14. The van der Waals surface area contributed by atoms with E-state index in [2.05, 4.69) is 39.1 Å². The first kappa shape index (κ1) is 6.07. The maximum atomic E-state index is 4.04. The molecular formula is C5H7IN2. The minimum Gasteiger partial charge on any atom is -0.327 e. The van der Waals surface area contributed by atoms with E-state index in [0.717, 1.165) is 10.4 Å². The van der Waals surface area contributed by atoms with Gasteiger partial charge in [0, 0.05) is 18.9 Å². The van der Waals surface area contributed by atoms with Gasteiger partial charge in [0.1, 0.15) is 0 Å². The lowest BCUT2D eigenvalue weighted by Gasteiger charge is -1.93. The summed E-state index contributed by atoms with van der Waals surface area (Å²) in [6.07, 6.45) is 3.78. The van der Waals surface area contributed by atoms with Crippen molar-refractivity contribution in [2.24, 2.45) is 0 Å². The molecule has 0 saturated carbocycles. The van der Waals surface area contributed by atoms with Crippen molar-refractivity contribution in [1.82, 2.24) is 9.55 Å². The lowest BCUT2D eigenvalue weighted by atomic mass is 10.7. The highest BCUT2D eigenvalue weighted by atomic mass is 127. The van der Waals surface area contributed by atoms with Crippen molar-refractivity contribution in [3.8, 4) is 0 Å². The summed E-state index contributed by atoms with van der Waals surface area (Å²) in [5, 5.41) is 0. The van der Waals surface area contributed by atoms with Gasteiger partial charge in [0.2, 0.25) is 0 Å². The molecule has 0 bridgehead atoms. The molecule has 0 spiro atoms. The van der Waals surface area contributed by atoms with Crippen molar-refractivity contribution < 1.29 is 0 Å². The number of nitrogens with zero attached hydrogens (tertiary/aromatic N) is 2. The summed E-state index contributed by atoms with van der Waals surface area (Å²) in [7, 11) is 0. The molecule has 0 saturated heterocycles. The Morgan fingerprint density at radius 2 is 2.62 bits per heavy atom. The summed E-state index contributed by atoms with van der Waals surface area (Å²) in [6.45, 7) is 3.11. The second-order valence-corrected chi connectivity index (χ2v) is 2.45. The Morgan fingerprint density at radius 1 is 1.88 bits per heavy atom. The molecule has 44 valence electrons. The maximum Gasteiger partial charge on any atom is 0.171 e. The van der Waals surface area contributed by atoms with Crippen molar-refractivity contribution >= 4 is 22.6 Å². The SMILES string of the molecule is CCn1ccnc1I. The largest absolute Gasteiger partial charge is 0.327 e. The van der Waals surface area contributed by atoms with Gasteiger partial charge in [0.25, 0.3) is 0 Å². The smallest absolute Gasteiger partial charge is 0.171 e. The van der Waals surface area contributed by atoms with E-state index in [1.54, 1.807) is 0 Å². The fourth-order valence-electron chi connectivity index (χ4n) is 0.547.